The van der Waals surface area contributed by atoms with E-state index >= 15 is 0 Å². The zero-order chi connectivity index (χ0) is 18.3. The fourth-order valence-corrected chi connectivity index (χ4v) is 5.00. The van der Waals surface area contributed by atoms with Crippen molar-refractivity contribution in [1.29, 1.82) is 0 Å². The average Bonchev–Trinajstić information content (AvgIpc) is 3.01. The summed E-state index contributed by atoms with van der Waals surface area (Å²) < 4.78 is 27.5. The van der Waals surface area contributed by atoms with Crippen molar-refractivity contribution in [2.45, 2.75) is 18.2 Å². The zero-order valence-corrected chi connectivity index (χ0v) is 15.4. The van der Waals surface area contributed by atoms with Crippen LogP contribution in [-0.4, -0.2) is 44.8 Å². The summed E-state index contributed by atoms with van der Waals surface area (Å²) in [6.45, 7) is 4.27. The van der Waals surface area contributed by atoms with Gasteiger partial charge in [-0.25, -0.2) is 8.42 Å². The first-order chi connectivity index (χ1) is 12.4. The van der Waals surface area contributed by atoms with Crippen molar-refractivity contribution >= 4 is 27.3 Å². The van der Waals surface area contributed by atoms with Crippen molar-refractivity contribution in [3.63, 3.8) is 0 Å². The second-order valence-electron chi connectivity index (χ2n) is 6.77. The maximum Gasteiger partial charge on any atom is 0.243 e. The Morgan fingerprint density at radius 2 is 1.77 bits per heavy atom. The maximum atomic E-state index is 13.0. The van der Waals surface area contributed by atoms with Crippen LogP contribution in [-0.2, 0) is 21.2 Å². The van der Waals surface area contributed by atoms with Crippen LogP contribution < -0.4 is 10.2 Å². The number of anilines is 2. The molecule has 0 atom stereocenters. The van der Waals surface area contributed by atoms with E-state index in [0.717, 1.165) is 11.3 Å². The molecule has 1 N–H and O–H groups in total. The number of carbonyl (C=O) groups is 1. The largest absolute Gasteiger partial charge is 0.369 e. The van der Waals surface area contributed by atoms with Crippen molar-refractivity contribution in [1.82, 2.24) is 4.31 Å². The van der Waals surface area contributed by atoms with Gasteiger partial charge in [0.25, 0.3) is 0 Å². The SMILES string of the molecule is Cc1cccc(N2CCN(S(=O)(=O)c3ccc4c(c3)CC(=O)N4)CC2)c1. The van der Waals surface area contributed by atoms with Crippen molar-refractivity contribution in [2.75, 3.05) is 36.4 Å². The van der Waals surface area contributed by atoms with Crippen molar-refractivity contribution < 1.29 is 13.2 Å². The Morgan fingerprint density at radius 1 is 1.00 bits per heavy atom. The highest BCUT2D eigenvalue weighted by atomic mass is 32.2. The summed E-state index contributed by atoms with van der Waals surface area (Å²) in [4.78, 5) is 14.0. The first kappa shape index (κ1) is 17.1. The molecule has 4 rings (SSSR count). The molecule has 1 fully saturated rings. The number of nitrogens with zero attached hydrogens (tertiary/aromatic N) is 2. The van der Waals surface area contributed by atoms with Gasteiger partial charge in [-0.1, -0.05) is 12.1 Å². The van der Waals surface area contributed by atoms with Gasteiger partial charge < -0.3 is 10.2 Å². The van der Waals surface area contributed by atoms with Crippen molar-refractivity contribution in [2.24, 2.45) is 0 Å². The Hall–Kier alpha value is -2.38. The summed E-state index contributed by atoms with van der Waals surface area (Å²) in [5, 5.41) is 2.73. The standard InChI is InChI=1S/C19H21N3O3S/c1-14-3-2-4-16(11-14)21-7-9-22(10-8-21)26(24,25)17-5-6-18-15(12-17)13-19(23)20-18/h2-6,11-12H,7-10,13H2,1H3,(H,20,23). The Labute approximate surface area is 153 Å². The quantitative estimate of drug-likeness (QED) is 0.896. The van der Waals surface area contributed by atoms with E-state index in [2.05, 4.69) is 35.3 Å². The second-order valence-corrected chi connectivity index (χ2v) is 8.71. The van der Waals surface area contributed by atoms with Gasteiger partial charge in [0.1, 0.15) is 0 Å². The highest BCUT2D eigenvalue weighted by Gasteiger charge is 2.30. The molecule has 0 saturated carbocycles. The van der Waals surface area contributed by atoms with E-state index in [1.807, 2.05) is 6.07 Å². The molecule has 6 nitrogen and oxygen atoms in total. The van der Waals surface area contributed by atoms with Gasteiger partial charge in [-0.3, -0.25) is 4.79 Å². The predicted molar refractivity (Wildman–Crippen MR) is 101 cm³/mol. The molecule has 1 amide bonds. The monoisotopic (exact) mass is 371 g/mol. The molecule has 0 spiro atoms. The van der Waals surface area contributed by atoms with Gasteiger partial charge in [-0.05, 0) is 48.4 Å². The van der Waals surface area contributed by atoms with E-state index < -0.39 is 10.0 Å². The van der Waals surface area contributed by atoms with Gasteiger partial charge in [0, 0.05) is 37.6 Å². The molecule has 0 radical (unpaired) electrons. The highest BCUT2D eigenvalue weighted by Crippen LogP contribution is 2.28. The van der Waals surface area contributed by atoms with Crippen LogP contribution in [0.4, 0.5) is 11.4 Å². The summed E-state index contributed by atoms with van der Waals surface area (Å²) in [5.74, 6) is -0.0960. The molecule has 2 aliphatic rings. The molecule has 2 heterocycles. The van der Waals surface area contributed by atoms with Gasteiger partial charge in [-0.15, -0.1) is 0 Å². The van der Waals surface area contributed by atoms with Gasteiger partial charge in [0.05, 0.1) is 11.3 Å². The fourth-order valence-electron chi connectivity index (χ4n) is 3.53. The molecule has 0 bridgehead atoms. The molecule has 1 saturated heterocycles. The first-order valence-corrected chi connectivity index (χ1v) is 10.1. The molecular weight excluding hydrogens is 350 g/mol. The number of rotatable bonds is 3. The number of nitrogens with one attached hydrogen (secondary N) is 1. The van der Waals surface area contributed by atoms with E-state index in [0.29, 0.717) is 31.9 Å². The molecule has 26 heavy (non-hydrogen) atoms. The third-order valence-electron chi connectivity index (χ3n) is 4.95. The lowest BCUT2D eigenvalue weighted by atomic mass is 10.2. The van der Waals surface area contributed by atoms with E-state index in [1.54, 1.807) is 18.2 Å². The average molecular weight is 371 g/mol. The number of sulfonamides is 1. The number of hydrogen-bond donors (Lipinski definition) is 1. The lowest BCUT2D eigenvalue weighted by Crippen LogP contribution is -2.48. The number of carbonyl (C=O) groups excluding carboxylic acids is 1. The molecule has 2 aromatic carbocycles. The number of aryl methyl sites for hydroxylation is 1. The molecule has 0 aromatic heterocycles. The molecule has 7 heteroatoms. The van der Waals surface area contributed by atoms with Crippen LogP contribution in [0.25, 0.3) is 0 Å². The van der Waals surface area contributed by atoms with Crippen LogP contribution in [0.1, 0.15) is 11.1 Å². The topological polar surface area (TPSA) is 69.7 Å². The third-order valence-corrected chi connectivity index (χ3v) is 6.84. The smallest absolute Gasteiger partial charge is 0.243 e. The van der Waals surface area contributed by atoms with E-state index in [-0.39, 0.29) is 17.2 Å². The Bertz CT molecular complexity index is 964. The van der Waals surface area contributed by atoms with Gasteiger partial charge in [0.2, 0.25) is 15.9 Å². The molecule has 2 aromatic rings. The Morgan fingerprint density at radius 3 is 2.50 bits per heavy atom. The number of fused-ring (bicyclic) bond motifs is 1. The normalized spacial score (nSPS) is 17.9. The second kappa shape index (κ2) is 6.41. The maximum absolute atomic E-state index is 13.0. The number of amides is 1. The van der Waals surface area contributed by atoms with E-state index in [9.17, 15) is 13.2 Å². The van der Waals surface area contributed by atoms with Crippen LogP contribution in [0, 0.1) is 6.92 Å². The molecule has 136 valence electrons. The minimum atomic E-state index is -3.55. The number of piperazine rings is 1. The van der Waals surface area contributed by atoms with Crippen LogP contribution >= 0.6 is 0 Å². The lowest BCUT2D eigenvalue weighted by Gasteiger charge is -2.35. The predicted octanol–water partition coefficient (Wildman–Crippen LogP) is 2.00. The van der Waals surface area contributed by atoms with Crippen LogP contribution in [0.15, 0.2) is 47.4 Å². The van der Waals surface area contributed by atoms with Crippen LogP contribution in [0.3, 0.4) is 0 Å². The molecular formula is C19H21N3O3S. The number of benzene rings is 2. The summed E-state index contributed by atoms with van der Waals surface area (Å²) in [6, 6.07) is 13.1. The first-order valence-electron chi connectivity index (χ1n) is 8.68. The van der Waals surface area contributed by atoms with E-state index in [1.165, 1.54) is 9.87 Å². The van der Waals surface area contributed by atoms with E-state index in [4.69, 9.17) is 0 Å². The molecule has 0 unspecified atom stereocenters. The zero-order valence-electron chi connectivity index (χ0n) is 14.6. The minimum Gasteiger partial charge on any atom is -0.369 e. The van der Waals surface area contributed by atoms with Crippen LogP contribution in [0.5, 0.6) is 0 Å². The molecule has 2 aliphatic heterocycles. The minimum absolute atomic E-state index is 0.0960. The highest BCUT2D eigenvalue weighted by molar-refractivity contribution is 7.89. The van der Waals surface area contributed by atoms with Crippen LogP contribution in [0.2, 0.25) is 0 Å². The summed E-state index contributed by atoms with van der Waals surface area (Å²) in [5.41, 5.74) is 3.77. The summed E-state index contributed by atoms with van der Waals surface area (Å²) in [7, 11) is -3.55. The number of hydrogen-bond acceptors (Lipinski definition) is 4. The lowest BCUT2D eigenvalue weighted by molar-refractivity contribution is -0.115. The summed E-state index contributed by atoms with van der Waals surface area (Å²) in [6.07, 6.45) is 0.236. The Kier molecular flexibility index (Phi) is 4.20. The van der Waals surface area contributed by atoms with Gasteiger partial charge in [0.15, 0.2) is 0 Å². The van der Waals surface area contributed by atoms with Gasteiger partial charge in [-0.2, -0.15) is 4.31 Å². The van der Waals surface area contributed by atoms with Crippen molar-refractivity contribution in [3.05, 3.63) is 53.6 Å². The fraction of sp³-hybridized carbons (Fsp3) is 0.316. The Balaban J connectivity index is 1.50. The van der Waals surface area contributed by atoms with Crippen molar-refractivity contribution in [3.8, 4) is 0 Å². The van der Waals surface area contributed by atoms with Gasteiger partial charge >= 0.3 is 0 Å². The third kappa shape index (κ3) is 3.08. The summed E-state index contributed by atoms with van der Waals surface area (Å²) >= 11 is 0. The molecule has 0 aliphatic carbocycles.